The third-order valence-electron chi connectivity index (χ3n) is 4.29. The molecule has 26 heavy (non-hydrogen) atoms. The number of ether oxygens (including phenoxy) is 1. The van der Waals surface area contributed by atoms with Crippen LogP contribution in [0.4, 0.5) is 11.5 Å². The lowest BCUT2D eigenvalue weighted by Crippen LogP contribution is -2.19. The van der Waals surface area contributed by atoms with Crippen LogP contribution in [-0.2, 0) is 21.2 Å². The maximum Gasteiger partial charge on any atom is 0.232 e. The van der Waals surface area contributed by atoms with Gasteiger partial charge in [-0.1, -0.05) is 30.3 Å². The molecular weight excluding hydrogens is 350 g/mol. The lowest BCUT2D eigenvalue weighted by Gasteiger charge is -2.12. The van der Waals surface area contributed by atoms with Gasteiger partial charge in [0.25, 0.3) is 0 Å². The van der Waals surface area contributed by atoms with E-state index in [4.69, 9.17) is 4.74 Å². The molecule has 0 spiro atoms. The smallest absolute Gasteiger partial charge is 0.232 e. The molecule has 1 aliphatic heterocycles. The van der Waals surface area contributed by atoms with E-state index in [0.717, 1.165) is 38.0 Å². The molecule has 2 N–H and O–H groups in total. The van der Waals surface area contributed by atoms with Crippen LogP contribution < -0.4 is 10.0 Å². The summed E-state index contributed by atoms with van der Waals surface area (Å²) in [5.41, 5.74) is 1.62. The fraction of sp³-hybridized carbons (Fsp3) is 0.421. The minimum atomic E-state index is -3.37. The van der Waals surface area contributed by atoms with Crippen molar-refractivity contribution in [1.82, 2.24) is 4.98 Å². The van der Waals surface area contributed by atoms with Crippen molar-refractivity contribution in [3.05, 3.63) is 54.2 Å². The molecule has 1 atom stereocenters. The van der Waals surface area contributed by atoms with Crippen LogP contribution in [0, 0.1) is 0 Å². The molecular formula is C19H25N3O3S. The first-order valence-electron chi connectivity index (χ1n) is 8.97. The van der Waals surface area contributed by atoms with Gasteiger partial charge in [0.05, 0.1) is 23.7 Å². The molecule has 140 valence electrons. The molecule has 0 aliphatic carbocycles. The molecule has 1 aliphatic rings. The maximum absolute atomic E-state index is 12.2. The van der Waals surface area contributed by atoms with Crippen LogP contribution in [0.3, 0.4) is 0 Å². The molecule has 6 nitrogen and oxygen atoms in total. The van der Waals surface area contributed by atoms with Crippen LogP contribution in [0.5, 0.6) is 0 Å². The van der Waals surface area contributed by atoms with Crippen molar-refractivity contribution in [2.75, 3.05) is 28.9 Å². The highest BCUT2D eigenvalue weighted by Crippen LogP contribution is 2.15. The number of nitrogens with one attached hydrogen (secondary N) is 2. The van der Waals surface area contributed by atoms with Crippen molar-refractivity contribution in [3.63, 3.8) is 0 Å². The summed E-state index contributed by atoms with van der Waals surface area (Å²) in [6.45, 7) is 1.54. The van der Waals surface area contributed by atoms with Gasteiger partial charge in [0, 0.05) is 13.2 Å². The van der Waals surface area contributed by atoms with E-state index in [0.29, 0.717) is 17.9 Å². The Bertz CT molecular complexity index is 773. The third kappa shape index (κ3) is 6.00. The molecule has 3 rings (SSSR count). The zero-order valence-corrected chi connectivity index (χ0v) is 15.5. The van der Waals surface area contributed by atoms with Crippen LogP contribution in [0.2, 0.25) is 0 Å². The Kier molecular flexibility index (Phi) is 6.46. The monoisotopic (exact) mass is 375 g/mol. The largest absolute Gasteiger partial charge is 0.376 e. The predicted octanol–water partition coefficient (Wildman–Crippen LogP) is 3.05. The standard InChI is InChI=1S/C19H25N3O3S/c23-26(24,13-5-8-16-6-2-1-3-7-16)22-17-10-11-19(20-14-17)21-15-18-9-4-12-25-18/h1-3,6-7,10-11,14,18,22H,4-5,8-9,12-13,15H2,(H,20,21). The molecule has 2 aromatic rings. The van der Waals surface area contributed by atoms with Gasteiger partial charge >= 0.3 is 0 Å². The van der Waals surface area contributed by atoms with E-state index in [1.165, 1.54) is 6.20 Å². The van der Waals surface area contributed by atoms with Gasteiger partial charge < -0.3 is 10.1 Å². The van der Waals surface area contributed by atoms with E-state index in [9.17, 15) is 8.42 Å². The summed E-state index contributed by atoms with van der Waals surface area (Å²) in [5.74, 6) is 0.800. The highest BCUT2D eigenvalue weighted by molar-refractivity contribution is 7.92. The van der Waals surface area contributed by atoms with Gasteiger partial charge in [-0.25, -0.2) is 13.4 Å². The molecule has 0 amide bonds. The average molecular weight is 375 g/mol. The molecule has 7 heteroatoms. The van der Waals surface area contributed by atoms with Gasteiger partial charge in [0.15, 0.2) is 0 Å². The SMILES string of the molecule is O=S(=O)(CCCc1ccccc1)Nc1ccc(NCC2CCCO2)nc1. The summed E-state index contributed by atoms with van der Waals surface area (Å²) < 4.78 is 32.5. The van der Waals surface area contributed by atoms with Gasteiger partial charge in [0.1, 0.15) is 5.82 Å². The number of hydrogen-bond donors (Lipinski definition) is 2. The third-order valence-corrected chi connectivity index (χ3v) is 5.67. The van der Waals surface area contributed by atoms with Crippen LogP contribution >= 0.6 is 0 Å². The van der Waals surface area contributed by atoms with Gasteiger partial charge in [-0.05, 0) is 43.4 Å². The van der Waals surface area contributed by atoms with Crippen molar-refractivity contribution in [2.24, 2.45) is 0 Å². The number of pyridine rings is 1. The molecule has 0 bridgehead atoms. The number of nitrogens with zero attached hydrogens (tertiary/aromatic N) is 1. The van der Waals surface area contributed by atoms with Crippen LogP contribution in [0.25, 0.3) is 0 Å². The normalized spacial score (nSPS) is 17.2. The van der Waals surface area contributed by atoms with Crippen LogP contribution in [0.15, 0.2) is 48.7 Å². The fourth-order valence-corrected chi connectivity index (χ4v) is 4.03. The molecule has 1 fully saturated rings. The molecule has 0 radical (unpaired) electrons. The van der Waals surface area contributed by atoms with Crippen molar-refractivity contribution >= 4 is 21.5 Å². The van der Waals surface area contributed by atoms with Crippen LogP contribution in [-0.4, -0.2) is 38.4 Å². The Morgan fingerprint density at radius 2 is 2.00 bits per heavy atom. The summed E-state index contributed by atoms with van der Waals surface area (Å²) >= 11 is 0. The van der Waals surface area contributed by atoms with Gasteiger partial charge in [0.2, 0.25) is 10.0 Å². The number of rotatable bonds is 9. The van der Waals surface area contributed by atoms with Gasteiger partial charge in [-0.15, -0.1) is 0 Å². The quantitative estimate of drug-likeness (QED) is 0.704. The molecule has 2 heterocycles. The minimum absolute atomic E-state index is 0.0842. The second-order valence-electron chi connectivity index (χ2n) is 6.46. The zero-order chi connectivity index (χ0) is 18.2. The number of aryl methyl sites for hydroxylation is 1. The Balaban J connectivity index is 1.44. The zero-order valence-electron chi connectivity index (χ0n) is 14.7. The summed E-state index contributed by atoms with van der Waals surface area (Å²) in [7, 11) is -3.37. The second-order valence-corrected chi connectivity index (χ2v) is 8.30. The van der Waals surface area contributed by atoms with Crippen LogP contribution in [0.1, 0.15) is 24.8 Å². The molecule has 1 saturated heterocycles. The number of anilines is 2. The Labute approximate surface area is 155 Å². The predicted molar refractivity (Wildman–Crippen MR) is 104 cm³/mol. The molecule has 1 aromatic heterocycles. The highest BCUT2D eigenvalue weighted by atomic mass is 32.2. The Morgan fingerprint density at radius 3 is 2.69 bits per heavy atom. The lowest BCUT2D eigenvalue weighted by atomic mass is 10.1. The topological polar surface area (TPSA) is 80.3 Å². The van der Waals surface area contributed by atoms with E-state index in [1.807, 2.05) is 30.3 Å². The number of hydrogen-bond acceptors (Lipinski definition) is 5. The van der Waals surface area contributed by atoms with Crippen molar-refractivity contribution in [3.8, 4) is 0 Å². The molecule has 1 unspecified atom stereocenters. The average Bonchev–Trinajstić information content (AvgIpc) is 3.15. The van der Waals surface area contributed by atoms with E-state index in [-0.39, 0.29) is 11.9 Å². The van der Waals surface area contributed by atoms with E-state index < -0.39 is 10.0 Å². The lowest BCUT2D eigenvalue weighted by molar-refractivity contribution is 0.120. The first kappa shape index (κ1) is 18.7. The Morgan fingerprint density at radius 1 is 1.15 bits per heavy atom. The number of sulfonamides is 1. The first-order chi connectivity index (χ1) is 12.6. The molecule has 0 saturated carbocycles. The van der Waals surface area contributed by atoms with Crippen molar-refractivity contribution in [1.29, 1.82) is 0 Å². The van der Waals surface area contributed by atoms with Crippen molar-refractivity contribution in [2.45, 2.75) is 31.8 Å². The van der Waals surface area contributed by atoms with E-state index in [1.54, 1.807) is 12.1 Å². The summed E-state index contributed by atoms with van der Waals surface area (Å²) in [5, 5.41) is 3.22. The highest BCUT2D eigenvalue weighted by Gasteiger charge is 2.15. The van der Waals surface area contributed by atoms with Gasteiger partial charge in [-0.3, -0.25) is 4.72 Å². The van der Waals surface area contributed by atoms with Crippen molar-refractivity contribution < 1.29 is 13.2 Å². The van der Waals surface area contributed by atoms with E-state index in [2.05, 4.69) is 15.0 Å². The second kappa shape index (κ2) is 9.00. The number of aromatic nitrogens is 1. The fourth-order valence-electron chi connectivity index (χ4n) is 2.92. The summed E-state index contributed by atoms with van der Waals surface area (Å²) in [4.78, 5) is 4.26. The van der Waals surface area contributed by atoms with Gasteiger partial charge in [-0.2, -0.15) is 0 Å². The molecule has 1 aromatic carbocycles. The Hall–Kier alpha value is -2.12. The first-order valence-corrected chi connectivity index (χ1v) is 10.6. The van der Waals surface area contributed by atoms with E-state index >= 15 is 0 Å². The number of benzene rings is 1. The minimum Gasteiger partial charge on any atom is -0.376 e. The summed E-state index contributed by atoms with van der Waals surface area (Å²) in [6, 6.07) is 13.4. The maximum atomic E-state index is 12.2. The summed E-state index contributed by atoms with van der Waals surface area (Å²) in [6.07, 6.45) is 5.25.